The summed E-state index contributed by atoms with van der Waals surface area (Å²) in [6, 6.07) is 12.5. The van der Waals surface area contributed by atoms with E-state index < -0.39 is 0 Å². The summed E-state index contributed by atoms with van der Waals surface area (Å²) < 4.78 is 11.1. The quantitative estimate of drug-likeness (QED) is 0.726. The second-order valence-electron chi connectivity index (χ2n) is 5.07. The third-order valence-electron chi connectivity index (χ3n) is 3.66. The van der Waals surface area contributed by atoms with Gasteiger partial charge in [0.2, 0.25) is 0 Å². The minimum absolute atomic E-state index is 0.279. The first-order valence-electron chi connectivity index (χ1n) is 6.57. The van der Waals surface area contributed by atoms with Crippen molar-refractivity contribution in [2.24, 2.45) is 0 Å². The van der Waals surface area contributed by atoms with Crippen LogP contribution in [0, 0.1) is 6.92 Å². The van der Waals surface area contributed by atoms with E-state index in [0.29, 0.717) is 6.61 Å². The van der Waals surface area contributed by atoms with Gasteiger partial charge in [-0.3, -0.25) is 0 Å². The number of ether oxygens (including phenoxy) is 2. The predicted octanol–water partition coefficient (Wildman–Crippen LogP) is 3.41. The normalized spacial score (nSPS) is 18.1. The number of aromatic amines is 1. The average molecular weight is 253 g/mol. The Morgan fingerprint density at radius 1 is 1.26 bits per heavy atom. The van der Waals surface area contributed by atoms with Crippen molar-refractivity contribution in [1.29, 1.82) is 0 Å². The Kier molecular flexibility index (Phi) is 2.29. The van der Waals surface area contributed by atoms with Crippen LogP contribution in [0.3, 0.4) is 0 Å². The van der Waals surface area contributed by atoms with Gasteiger partial charge in [-0.2, -0.15) is 0 Å². The Balaban J connectivity index is 1.93. The highest BCUT2D eigenvalue weighted by molar-refractivity contribution is 6.11. The monoisotopic (exact) mass is 253 g/mol. The lowest BCUT2D eigenvalue weighted by Gasteiger charge is -2.07. The van der Waals surface area contributed by atoms with E-state index in [9.17, 15) is 0 Å². The Morgan fingerprint density at radius 3 is 2.95 bits per heavy atom. The van der Waals surface area contributed by atoms with Gasteiger partial charge in [0, 0.05) is 16.3 Å². The van der Waals surface area contributed by atoms with Crippen molar-refractivity contribution in [3.63, 3.8) is 0 Å². The first-order chi connectivity index (χ1) is 9.33. The van der Waals surface area contributed by atoms with Crippen LogP contribution in [-0.4, -0.2) is 24.3 Å². The number of aryl methyl sites for hydroxylation is 1. The van der Waals surface area contributed by atoms with Gasteiger partial charge in [-0.05, 0) is 24.6 Å². The van der Waals surface area contributed by atoms with Gasteiger partial charge >= 0.3 is 0 Å². The van der Waals surface area contributed by atoms with Crippen LogP contribution in [0.4, 0.5) is 0 Å². The molecule has 1 fully saturated rings. The van der Waals surface area contributed by atoms with E-state index in [1.165, 1.54) is 16.3 Å². The molecule has 0 radical (unpaired) electrons. The fourth-order valence-corrected chi connectivity index (χ4v) is 2.53. The van der Waals surface area contributed by atoms with Crippen LogP contribution in [0.25, 0.3) is 21.8 Å². The van der Waals surface area contributed by atoms with Crippen molar-refractivity contribution >= 4 is 21.8 Å². The van der Waals surface area contributed by atoms with E-state index in [1.807, 2.05) is 6.07 Å². The Bertz CT molecular complexity index is 756. The van der Waals surface area contributed by atoms with Gasteiger partial charge in [0.25, 0.3) is 0 Å². The molecule has 3 aromatic rings. The van der Waals surface area contributed by atoms with Gasteiger partial charge in [-0.15, -0.1) is 0 Å². The average Bonchev–Trinajstić information content (AvgIpc) is 3.17. The summed E-state index contributed by atoms with van der Waals surface area (Å²) in [5.74, 6) is 0.938. The largest absolute Gasteiger partial charge is 0.490 e. The molecule has 3 heteroatoms. The molecule has 1 atom stereocenters. The third kappa shape index (κ3) is 1.78. The molecule has 0 amide bonds. The number of H-pyrrole nitrogens is 1. The molecule has 1 unspecified atom stereocenters. The molecule has 2 aromatic carbocycles. The molecular formula is C16H15NO2. The highest BCUT2D eigenvalue weighted by Gasteiger charge is 2.23. The van der Waals surface area contributed by atoms with Crippen LogP contribution in [0.1, 0.15) is 5.56 Å². The van der Waals surface area contributed by atoms with Gasteiger partial charge in [-0.1, -0.05) is 24.3 Å². The molecule has 1 aliphatic heterocycles. The van der Waals surface area contributed by atoms with E-state index in [2.05, 4.69) is 42.2 Å². The minimum atomic E-state index is 0.279. The highest BCUT2D eigenvalue weighted by Crippen LogP contribution is 2.35. The summed E-state index contributed by atoms with van der Waals surface area (Å²) in [6.45, 7) is 3.58. The zero-order valence-electron chi connectivity index (χ0n) is 10.8. The summed E-state index contributed by atoms with van der Waals surface area (Å²) in [5.41, 5.74) is 3.55. The zero-order valence-corrected chi connectivity index (χ0v) is 10.8. The SMILES string of the molecule is Cc1ccc(OCC2CO2)c2c1[nH]c1ccccc12. The van der Waals surface area contributed by atoms with Gasteiger partial charge in [-0.25, -0.2) is 0 Å². The molecule has 2 heterocycles. The maximum Gasteiger partial charge on any atom is 0.129 e. The molecular weight excluding hydrogens is 238 g/mol. The Morgan fingerprint density at radius 2 is 2.11 bits per heavy atom. The first-order valence-corrected chi connectivity index (χ1v) is 6.57. The van der Waals surface area contributed by atoms with E-state index in [-0.39, 0.29) is 6.10 Å². The maximum absolute atomic E-state index is 5.92. The second kappa shape index (κ2) is 4.00. The molecule has 0 bridgehead atoms. The number of nitrogens with one attached hydrogen (secondary N) is 1. The molecule has 0 aliphatic carbocycles. The number of rotatable bonds is 3. The van der Waals surface area contributed by atoms with Gasteiger partial charge in [0.15, 0.2) is 0 Å². The molecule has 0 spiro atoms. The van der Waals surface area contributed by atoms with Crippen LogP contribution < -0.4 is 4.74 Å². The standard InChI is InChI=1S/C16H15NO2/c1-10-6-7-14(19-9-11-8-18-11)15-12-4-2-3-5-13(12)17-16(10)15/h2-7,11,17H,8-9H2,1H3. The van der Waals surface area contributed by atoms with Crippen LogP contribution in [-0.2, 0) is 4.74 Å². The van der Waals surface area contributed by atoms with Crippen LogP contribution in [0.2, 0.25) is 0 Å². The minimum Gasteiger partial charge on any atom is -0.490 e. The number of para-hydroxylation sites is 1. The van der Waals surface area contributed by atoms with Gasteiger partial charge < -0.3 is 14.5 Å². The van der Waals surface area contributed by atoms with E-state index in [1.54, 1.807) is 0 Å². The number of benzene rings is 2. The first kappa shape index (κ1) is 10.9. The second-order valence-corrected chi connectivity index (χ2v) is 5.07. The number of epoxide rings is 1. The maximum atomic E-state index is 5.92. The molecule has 4 rings (SSSR count). The molecule has 96 valence electrons. The Labute approximate surface area is 111 Å². The summed E-state index contributed by atoms with van der Waals surface area (Å²) in [4.78, 5) is 3.48. The zero-order chi connectivity index (χ0) is 12.8. The van der Waals surface area contributed by atoms with Gasteiger partial charge in [0.05, 0.1) is 12.1 Å². The summed E-state index contributed by atoms with van der Waals surface area (Å²) in [7, 11) is 0. The van der Waals surface area contributed by atoms with E-state index in [0.717, 1.165) is 23.4 Å². The van der Waals surface area contributed by atoms with E-state index in [4.69, 9.17) is 9.47 Å². The lowest BCUT2D eigenvalue weighted by atomic mass is 10.1. The molecule has 1 aromatic heterocycles. The van der Waals surface area contributed by atoms with Crippen molar-refractivity contribution < 1.29 is 9.47 Å². The number of fused-ring (bicyclic) bond motifs is 3. The van der Waals surface area contributed by atoms with Crippen molar-refractivity contribution in [1.82, 2.24) is 4.98 Å². The van der Waals surface area contributed by atoms with Crippen LogP contribution >= 0.6 is 0 Å². The summed E-state index contributed by atoms with van der Waals surface area (Å²) >= 11 is 0. The van der Waals surface area contributed by atoms with Crippen LogP contribution in [0.15, 0.2) is 36.4 Å². The summed E-state index contributed by atoms with van der Waals surface area (Å²) in [5, 5.41) is 2.39. The van der Waals surface area contributed by atoms with Gasteiger partial charge in [0.1, 0.15) is 18.5 Å². The molecule has 0 saturated carbocycles. The molecule has 1 N–H and O–H groups in total. The number of aromatic nitrogens is 1. The predicted molar refractivity (Wildman–Crippen MR) is 75.8 cm³/mol. The Hall–Kier alpha value is -2.00. The molecule has 1 saturated heterocycles. The van der Waals surface area contributed by atoms with Crippen molar-refractivity contribution in [2.75, 3.05) is 13.2 Å². The molecule has 19 heavy (non-hydrogen) atoms. The van der Waals surface area contributed by atoms with Crippen molar-refractivity contribution in [2.45, 2.75) is 13.0 Å². The topological polar surface area (TPSA) is 37.5 Å². The van der Waals surface area contributed by atoms with Crippen molar-refractivity contribution in [3.05, 3.63) is 42.0 Å². The summed E-state index contributed by atoms with van der Waals surface area (Å²) in [6.07, 6.45) is 0.279. The smallest absolute Gasteiger partial charge is 0.129 e. The van der Waals surface area contributed by atoms with Crippen LogP contribution in [0.5, 0.6) is 5.75 Å². The lowest BCUT2D eigenvalue weighted by Crippen LogP contribution is -2.04. The fraction of sp³-hybridized carbons (Fsp3) is 0.250. The number of hydrogen-bond donors (Lipinski definition) is 1. The molecule has 1 aliphatic rings. The number of hydrogen-bond acceptors (Lipinski definition) is 2. The lowest BCUT2D eigenvalue weighted by molar-refractivity contribution is 0.265. The van der Waals surface area contributed by atoms with E-state index >= 15 is 0 Å². The third-order valence-corrected chi connectivity index (χ3v) is 3.66. The fourth-order valence-electron chi connectivity index (χ4n) is 2.53. The van der Waals surface area contributed by atoms with Crippen molar-refractivity contribution in [3.8, 4) is 5.75 Å². The highest BCUT2D eigenvalue weighted by atomic mass is 16.6. The molecule has 3 nitrogen and oxygen atoms in total.